The van der Waals surface area contributed by atoms with Crippen molar-refractivity contribution >= 4 is 18.3 Å². The van der Waals surface area contributed by atoms with Gasteiger partial charge in [0.25, 0.3) is 5.91 Å². The minimum Gasteiger partial charge on any atom is -0.496 e. The van der Waals surface area contributed by atoms with Gasteiger partial charge in [0.05, 0.1) is 13.2 Å². The summed E-state index contributed by atoms with van der Waals surface area (Å²) in [7, 11) is 1.65. The van der Waals surface area contributed by atoms with Crippen molar-refractivity contribution in [3.8, 4) is 11.5 Å². The molecule has 0 aromatic heterocycles. The molecule has 1 unspecified atom stereocenters. The van der Waals surface area contributed by atoms with E-state index in [1.807, 2.05) is 60.4 Å². The first-order valence-electron chi connectivity index (χ1n) is 8.51. The second kappa shape index (κ2) is 9.46. The summed E-state index contributed by atoms with van der Waals surface area (Å²) in [5, 5.41) is 3.36. The number of halogens is 1. The fourth-order valence-corrected chi connectivity index (χ4v) is 3.08. The number of nitrogens with one attached hydrogen (secondary N) is 1. The molecule has 2 aromatic carbocycles. The summed E-state index contributed by atoms with van der Waals surface area (Å²) in [4.78, 5) is 14.6. The van der Waals surface area contributed by atoms with E-state index in [0.29, 0.717) is 18.8 Å². The Balaban J connectivity index is 0.00000243. The predicted molar refractivity (Wildman–Crippen MR) is 104 cm³/mol. The van der Waals surface area contributed by atoms with Crippen LogP contribution in [0.2, 0.25) is 0 Å². The number of methoxy groups -OCH3 is 1. The highest BCUT2D eigenvalue weighted by atomic mass is 35.5. The maximum atomic E-state index is 12.8. The van der Waals surface area contributed by atoms with Crippen LogP contribution in [0.25, 0.3) is 0 Å². The van der Waals surface area contributed by atoms with E-state index in [1.54, 1.807) is 7.11 Å². The third kappa shape index (κ3) is 4.68. The van der Waals surface area contributed by atoms with E-state index in [-0.39, 0.29) is 31.0 Å². The molecular weight excluding hydrogens is 352 g/mol. The number of amides is 1. The molecule has 0 bridgehead atoms. The number of carbonyl (C=O) groups is 1. The third-order valence-corrected chi connectivity index (χ3v) is 4.44. The molecule has 1 fully saturated rings. The minimum absolute atomic E-state index is 0. The van der Waals surface area contributed by atoms with Crippen LogP contribution in [0.15, 0.2) is 48.5 Å². The number of carbonyl (C=O) groups excluding carboxylic acids is 1. The van der Waals surface area contributed by atoms with Gasteiger partial charge in [0.15, 0.2) is 6.61 Å². The van der Waals surface area contributed by atoms with Crippen molar-refractivity contribution in [2.75, 3.05) is 33.4 Å². The summed E-state index contributed by atoms with van der Waals surface area (Å²) < 4.78 is 11.1. The zero-order valence-electron chi connectivity index (χ0n) is 15.1. The molecule has 5 nitrogen and oxygen atoms in total. The molecule has 1 saturated heterocycles. The Morgan fingerprint density at radius 3 is 2.65 bits per heavy atom. The van der Waals surface area contributed by atoms with Crippen molar-refractivity contribution in [1.82, 2.24) is 10.2 Å². The number of hydrogen-bond acceptors (Lipinski definition) is 4. The molecular formula is C20H25ClN2O3. The van der Waals surface area contributed by atoms with Gasteiger partial charge < -0.3 is 19.7 Å². The Hall–Kier alpha value is -2.24. The average Bonchev–Trinajstić information content (AvgIpc) is 2.67. The first-order valence-corrected chi connectivity index (χ1v) is 8.51. The van der Waals surface area contributed by atoms with Gasteiger partial charge in [0, 0.05) is 25.2 Å². The maximum Gasteiger partial charge on any atom is 0.261 e. The van der Waals surface area contributed by atoms with E-state index < -0.39 is 0 Å². The quantitative estimate of drug-likeness (QED) is 0.871. The summed E-state index contributed by atoms with van der Waals surface area (Å²) >= 11 is 0. The van der Waals surface area contributed by atoms with Crippen molar-refractivity contribution in [3.05, 3.63) is 59.7 Å². The van der Waals surface area contributed by atoms with Gasteiger partial charge in [-0.2, -0.15) is 0 Å². The topological polar surface area (TPSA) is 50.8 Å². The monoisotopic (exact) mass is 376 g/mol. The second-order valence-electron chi connectivity index (χ2n) is 6.15. The zero-order chi connectivity index (χ0) is 17.6. The van der Waals surface area contributed by atoms with Crippen LogP contribution in [-0.4, -0.2) is 44.2 Å². The zero-order valence-corrected chi connectivity index (χ0v) is 15.9. The average molecular weight is 377 g/mol. The smallest absolute Gasteiger partial charge is 0.261 e. The number of hydrogen-bond donors (Lipinski definition) is 1. The normalized spacial score (nSPS) is 16.5. The largest absolute Gasteiger partial charge is 0.496 e. The minimum atomic E-state index is -0.0565. The first-order chi connectivity index (χ1) is 12.2. The van der Waals surface area contributed by atoms with Gasteiger partial charge in [-0.25, -0.2) is 0 Å². The van der Waals surface area contributed by atoms with Gasteiger partial charge in [0.1, 0.15) is 11.5 Å². The Morgan fingerprint density at radius 2 is 1.92 bits per heavy atom. The number of aryl methyl sites for hydroxylation is 1. The summed E-state index contributed by atoms with van der Waals surface area (Å²) in [5.74, 6) is 1.49. The van der Waals surface area contributed by atoms with Crippen molar-refractivity contribution in [3.63, 3.8) is 0 Å². The van der Waals surface area contributed by atoms with Crippen molar-refractivity contribution in [2.24, 2.45) is 0 Å². The Kier molecular flexibility index (Phi) is 7.30. The molecule has 26 heavy (non-hydrogen) atoms. The highest BCUT2D eigenvalue weighted by Gasteiger charge is 2.29. The Morgan fingerprint density at radius 1 is 1.19 bits per heavy atom. The summed E-state index contributed by atoms with van der Waals surface area (Å²) in [6, 6.07) is 15.5. The molecule has 1 aliphatic rings. The highest BCUT2D eigenvalue weighted by Crippen LogP contribution is 2.30. The maximum absolute atomic E-state index is 12.8. The van der Waals surface area contributed by atoms with Crippen LogP contribution in [0.1, 0.15) is 17.2 Å². The molecule has 0 spiro atoms. The molecule has 2 aromatic rings. The van der Waals surface area contributed by atoms with Crippen molar-refractivity contribution in [2.45, 2.75) is 13.0 Å². The lowest BCUT2D eigenvalue weighted by Gasteiger charge is -2.37. The molecule has 6 heteroatoms. The molecule has 1 heterocycles. The Labute approximate surface area is 160 Å². The summed E-state index contributed by atoms with van der Waals surface area (Å²) in [6.07, 6.45) is 0. The third-order valence-electron chi connectivity index (χ3n) is 4.44. The highest BCUT2D eigenvalue weighted by molar-refractivity contribution is 5.85. The molecule has 1 aliphatic heterocycles. The molecule has 3 rings (SSSR count). The molecule has 140 valence electrons. The first kappa shape index (κ1) is 20.1. The fraction of sp³-hybridized carbons (Fsp3) is 0.350. The number of para-hydroxylation sites is 1. The van der Waals surface area contributed by atoms with Gasteiger partial charge in [-0.05, 0) is 25.1 Å². The molecule has 0 aliphatic carbocycles. The van der Waals surface area contributed by atoms with Crippen LogP contribution < -0.4 is 14.8 Å². The molecule has 1 atom stereocenters. The number of piperazine rings is 1. The predicted octanol–water partition coefficient (Wildman–Crippen LogP) is 2.98. The lowest BCUT2D eigenvalue weighted by molar-refractivity contribution is -0.136. The lowest BCUT2D eigenvalue weighted by atomic mass is 10.0. The van der Waals surface area contributed by atoms with E-state index >= 15 is 0 Å². The van der Waals surface area contributed by atoms with Crippen LogP contribution in [-0.2, 0) is 4.79 Å². The van der Waals surface area contributed by atoms with E-state index in [0.717, 1.165) is 23.4 Å². The SMILES string of the molecule is COc1ccccc1C1CNCCN1C(=O)COc1ccc(C)cc1.Cl. The van der Waals surface area contributed by atoms with Gasteiger partial charge in [-0.1, -0.05) is 35.9 Å². The molecule has 1 N–H and O–H groups in total. The number of rotatable bonds is 5. The number of benzene rings is 2. The van der Waals surface area contributed by atoms with E-state index in [1.165, 1.54) is 0 Å². The lowest BCUT2D eigenvalue weighted by Crippen LogP contribution is -2.50. The van der Waals surface area contributed by atoms with Gasteiger partial charge in [0.2, 0.25) is 0 Å². The van der Waals surface area contributed by atoms with Gasteiger partial charge in [-0.3, -0.25) is 4.79 Å². The number of nitrogens with zero attached hydrogens (tertiary/aromatic N) is 1. The second-order valence-corrected chi connectivity index (χ2v) is 6.15. The Bertz CT molecular complexity index is 721. The molecule has 1 amide bonds. The van der Waals surface area contributed by atoms with Crippen LogP contribution in [0.4, 0.5) is 0 Å². The van der Waals surface area contributed by atoms with Crippen LogP contribution in [0.3, 0.4) is 0 Å². The van der Waals surface area contributed by atoms with Crippen LogP contribution in [0.5, 0.6) is 11.5 Å². The van der Waals surface area contributed by atoms with Crippen LogP contribution in [0, 0.1) is 6.92 Å². The van der Waals surface area contributed by atoms with E-state index in [9.17, 15) is 4.79 Å². The van der Waals surface area contributed by atoms with E-state index in [2.05, 4.69) is 5.32 Å². The molecule has 0 saturated carbocycles. The molecule has 0 radical (unpaired) electrons. The van der Waals surface area contributed by atoms with Crippen molar-refractivity contribution < 1.29 is 14.3 Å². The standard InChI is InChI=1S/C20H24N2O3.ClH/c1-15-7-9-16(10-8-15)25-14-20(23)22-12-11-21-13-18(22)17-5-3-4-6-19(17)24-2;/h3-10,18,21H,11-14H2,1-2H3;1H. The summed E-state index contributed by atoms with van der Waals surface area (Å²) in [6.45, 7) is 4.19. The van der Waals surface area contributed by atoms with Crippen molar-refractivity contribution in [1.29, 1.82) is 0 Å². The van der Waals surface area contributed by atoms with Crippen LogP contribution >= 0.6 is 12.4 Å². The number of ether oxygens (including phenoxy) is 2. The summed E-state index contributed by atoms with van der Waals surface area (Å²) in [5.41, 5.74) is 2.18. The van der Waals surface area contributed by atoms with Gasteiger partial charge in [-0.15, -0.1) is 12.4 Å². The van der Waals surface area contributed by atoms with E-state index in [4.69, 9.17) is 9.47 Å². The van der Waals surface area contributed by atoms with Gasteiger partial charge >= 0.3 is 0 Å². The fourth-order valence-electron chi connectivity index (χ4n) is 3.08.